The number of halogens is 1. The number of carboxylic acids is 1. The minimum Gasteiger partial charge on any atom is -0.478 e. The van der Waals surface area contributed by atoms with E-state index in [1.54, 1.807) is 12.4 Å². The van der Waals surface area contributed by atoms with Crippen LogP contribution in [0, 0.1) is 0 Å². The monoisotopic (exact) mass is 188 g/mol. The van der Waals surface area contributed by atoms with E-state index in [1.807, 2.05) is 0 Å². The van der Waals surface area contributed by atoms with E-state index >= 15 is 0 Å². The Morgan fingerprint density at radius 3 is 2.83 bits per heavy atom. The highest BCUT2D eigenvalue weighted by molar-refractivity contribution is 5.90. The Bertz CT molecular complexity index is 280. The molecule has 0 amide bonds. The Morgan fingerprint density at radius 1 is 1.75 bits per heavy atom. The molecule has 0 atom stereocenters. The van der Waals surface area contributed by atoms with E-state index in [0.717, 1.165) is 0 Å². The standard InChI is InChI=1S/C7H8N2O2.ClH/c1-5(7(10)11)4-6-8-2-3-9-6;/h2-4H,1H3,(H,8,9)(H,10,11);1H/b5-4+;. The molecule has 1 heterocycles. The first kappa shape index (κ1) is 10.7. The van der Waals surface area contributed by atoms with Gasteiger partial charge in [-0.1, -0.05) is 0 Å². The topological polar surface area (TPSA) is 66.0 Å². The third-order valence-electron chi connectivity index (χ3n) is 1.21. The van der Waals surface area contributed by atoms with Gasteiger partial charge in [0.05, 0.1) is 0 Å². The van der Waals surface area contributed by atoms with E-state index in [-0.39, 0.29) is 18.0 Å². The molecule has 0 unspecified atom stereocenters. The molecule has 0 spiro atoms. The molecule has 1 aromatic heterocycles. The third kappa shape index (κ3) is 2.75. The number of H-pyrrole nitrogens is 1. The molecule has 5 heteroatoms. The Labute approximate surface area is 75.7 Å². The molecule has 0 bridgehead atoms. The summed E-state index contributed by atoms with van der Waals surface area (Å²) in [7, 11) is 0. The number of nitrogens with one attached hydrogen (secondary N) is 1. The largest absolute Gasteiger partial charge is 0.478 e. The average molecular weight is 189 g/mol. The van der Waals surface area contributed by atoms with Crippen molar-refractivity contribution in [1.29, 1.82) is 0 Å². The van der Waals surface area contributed by atoms with Gasteiger partial charge in [0.15, 0.2) is 0 Å². The van der Waals surface area contributed by atoms with E-state index in [2.05, 4.69) is 9.97 Å². The summed E-state index contributed by atoms with van der Waals surface area (Å²) < 4.78 is 0. The van der Waals surface area contributed by atoms with Crippen LogP contribution in [0.25, 0.3) is 6.08 Å². The fourth-order valence-corrected chi connectivity index (χ4v) is 0.623. The number of carboxylic acid groups (broad SMARTS) is 1. The molecule has 2 N–H and O–H groups in total. The lowest BCUT2D eigenvalue weighted by atomic mass is 10.3. The summed E-state index contributed by atoms with van der Waals surface area (Å²) >= 11 is 0. The van der Waals surface area contributed by atoms with Crippen molar-refractivity contribution in [3.05, 3.63) is 23.8 Å². The number of nitrogens with zero attached hydrogens (tertiary/aromatic N) is 1. The van der Waals surface area contributed by atoms with Crippen molar-refractivity contribution < 1.29 is 9.90 Å². The zero-order chi connectivity index (χ0) is 8.27. The van der Waals surface area contributed by atoms with Crippen molar-refractivity contribution in [2.24, 2.45) is 0 Å². The van der Waals surface area contributed by atoms with Crippen LogP contribution in [0.3, 0.4) is 0 Å². The van der Waals surface area contributed by atoms with Crippen LogP contribution < -0.4 is 0 Å². The molecule has 0 aliphatic carbocycles. The van der Waals surface area contributed by atoms with Gasteiger partial charge in [-0.3, -0.25) is 0 Å². The van der Waals surface area contributed by atoms with Crippen LogP contribution in [0.4, 0.5) is 0 Å². The molecule has 0 aromatic carbocycles. The first-order valence-corrected chi connectivity index (χ1v) is 3.11. The van der Waals surface area contributed by atoms with Crippen molar-refractivity contribution >= 4 is 24.5 Å². The molecule has 0 saturated carbocycles. The Kier molecular flexibility index (Phi) is 4.07. The fraction of sp³-hybridized carbons (Fsp3) is 0.143. The van der Waals surface area contributed by atoms with Crippen molar-refractivity contribution in [1.82, 2.24) is 9.97 Å². The summed E-state index contributed by atoms with van der Waals surface area (Å²) in [6, 6.07) is 0. The Morgan fingerprint density at radius 2 is 2.42 bits per heavy atom. The number of rotatable bonds is 2. The summed E-state index contributed by atoms with van der Waals surface area (Å²) in [6.45, 7) is 1.52. The van der Waals surface area contributed by atoms with Crippen LogP contribution in [-0.2, 0) is 4.79 Å². The third-order valence-corrected chi connectivity index (χ3v) is 1.21. The van der Waals surface area contributed by atoms with E-state index < -0.39 is 5.97 Å². The van der Waals surface area contributed by atoms with Gasteiger partial charge in [-0.15, -0.1) is 12.4 Å². The maximum absolute atomic E-state index is 10.3. The number of aliphatic carboxylic acids is 1. The molecule has 12 heavy (non-hydrogen) atoms. The van der Waals surface area contributed by atoms with Gasteiger partial charge in [0.1, 0.15) is 5.82 Å². The van der Waals surface area contributed by atoms with Gasteiger partial charge in [0.2, 0.25) is 0 Å². The lowest BCUT2D eigenvalue weighted by Crippen LogP contribution is -1.95. The highest BCUT2D eigenvalue weighted by atomic mass is 35.5. The molecule has 1 aromatic rings. The number of aromatic nitrogens is 2. The zero-order valence-corrected chi connectivity index (χ0v) is 7.26. The molecule has 0 fully saturated rings. The summed E-state index contributed by atoms with van der Waals surface area (Å²) in [5, 5.41) is 8.47. The quantitative estimate of drug-likeness (QED) is 0.688. The lowest BCUT2D eigenvalue weighted by molar-refractivity contribution is -0.132. The maximum Gasteiger partial charge on any atom is 0.331 e. The molecular formula is C7H9ClN2O2. The maximum atomic E-state index is 10.3. The summed E-state index contributed by atoms with van der Waals surface area (Å²) in [5.41, 5.74) is 0.264. The number of hydrogen-bond donors (Lipinski definition) is 2. The van der Waals surface area contributed by atoms with E-state index in [4.69, 9.17) is 5.11 Å². The molecule has 0 aliphatic heterocycles. The van der Waals surface area contributed by atoms with Crippen LogP contribution in [-0.4, -0.2) is 21.0 Å². The second kappa shape index (κ2) is 4.56. The number of aromatic amines is 1. The molecule has 1 rings (SSSR count). The van der Waals surface area contributed by atoms with Crippen LogP contribution >= 0.6 is 12.4 Å². The molecule has 0 saturated heterocycles. The van der Waals surface area contributed by atoms with Crippen LogP contribution in [0.2, 0.25) is 0 Å². The Hall–Kier alpha value is -1.29. The fourth-order valence-electron chi connectivity index (χ4n) is 0.623. The minimum atomic E-state index is -0.929. The number of imidazole rings is 1. The van der Waals surface area contributed by atoms with Crippen molar-refractivity contribution in [2.75, 3.05) is 0 Å². The SMILES string of the molecule is C/C(=C\c1ncc[nH]1)C(=O)O.Cl. The van der Waals surface area contributed by atoms with Gasteiger partial charge < -0.3 is 10.1 Å². The van der Waals surface area contributed by atoms with Crippen molar-refractivity contribution in [2.45, 2.75) is 6.92 Å². The van der Waals surface area contributed by atoms with Gasteiger partial charge in [0.25, 0.3) is 0 Å². The highest BCUT2D eigenvalue weighted by Crippen LogP contribution is 1.99. The molecule has 66 valence electrons. The minimum absolute atomic E-state index is 0. The predicted octanol–water partition coefficient (Wildman–Crippen LogP) is 1.32. The van der Waals surface area contributed by atoms with Gasteiger partial charge in [0, 0.05) is 18.0 Å². The number of hydrogen-bond acceptors (Lipinski definition) is 2. The summed E-state index contributed by atoms with van der Waals surface area (Å²) in [4.78, 5) is 16.9. The second-order valence-corrected chi connectivity index (χ2v) is 2.11. The zero-order valence-electron chi connectivity index (χ0n) is 6.44. The average Bonchev–Trinajstić information content (AvgIpc) is 2.39. The van der Waals surface area contributed by atoms with E-state index in [9.17, 15) is 4.79 Å². The van der Waals surface area contributed by atoms with Crippen LogP contribution in [0.5, 0.6) is 0 Å². The number of carbonyl (C=O) groups is 1. The predicted molar refractivity (Wildman–Crippen MR) is 47.1 cm³/mol. The van der Waals surface area contributed by atoms with Gasteiger partial charge in [-0.25, -0.2) is 9.78 Å². The lowest BCUT2D eigenvalue weighted by Gasteiger charge is -1.89. The molecular weight excluding hydrogens is 180 g/mol. The van der Waals surface area contributed by atoms with Gasteiger partial charge in [-0.2, -0.15) is 0 Å². The van der Waals surface area contributed by atoms with E-state index in [1.165, 1.54) is 13.0 Å². The second-order valence-electron chi connectivity index (χ2n) is 2.11. The molecule has 0 aliphatic rings. The van der Waals surface area contributed by atoms with Gasteiger partial charge >= 0.3 is 5.97 Å². The summed E-state index contributed by atoms with van der Waals surface area (Å²) in [5.74, 6) is -0.369. The first-order valence-electron chi connectivity index (χ1n) is 3.11. The van der Waals surface area contributed by atoms with Crippen LogP contribution in [0.15, 0.2) is 18.0 Å². The normalized spacial score (nSPS) is 10.6. The van der Waals surface area contributed by atoms with Crippen molar-refractivity contribution in [3.63, 3.8) is 0 Å². The van der Waals surface area contributed by atoms with Crippen molar-refractivity contribution in [3.8, 4) is 0 Å². The smallest absolute Gasteiger partial charge is 0.331 e. The Balaban J connectivity index is 0.00000121. The van der Waals surface area contributed by atoms with Gasteiger partial charge in [-0.05, 0) is 13.0 Å². The molecule has 0 radical (unpaired) electrons. The molecule has 4 nitrogen and oxygen atoms in total. The van der Waals surface area contributed by atoms with Crippen LogP contribution in [0.1, 0.15) is 12.7 Å². The summed E-state index contributed by atoms with van der Waals surface area (Å²) in [6.07, 6.45) is 4.68. The highest BCUT2D eigenvalue weighted by Gasteiger charge is 1.99. The van der Waals surface area contributed by atoms with E-state index in [0.29, 0.717) is 5.82 Å². The first-order chi connectivity index (χ1) is 5.20.